The van der Waals surface area contributed by atoms with E-state index in [1.165, 1.54) is 5.56 Å². The number of amides is 2. The van der Waals surface area contributed by atoms with Gasteiger partial charge in [0.1, 0.15) is 0 Å². The molecule has 1 aliphatic rings. The Morgan fingerprint density at radius 3 is 2.90 bits per heavy atom. The second-order valence-electron chi connectivity index (χ2n) is 5.13. The molecule has 1 aliphatic heterocycles. The number of carbonyl (C=O) groups is 1. The monoisotopic (exact) mass is 274 g/mol. The highest BCUT2D eigenvalue weighted by molar-refractivity contribution is 5.74. The Labute approximate surface area is 120 Å². The lowest BCUT2D eigenvalue weighted by Crippen LogP contribution is -2.47. The van der Waals surface area contributed by atoms with Gasteiger partial charge in [-0.2, -0.15) is 0 Å². The number of hydrogen-bond acceptors (Lipinski definition) is 2. The van der Waals surface area contributed by atoms with Gasteiger partial charge in [0.15, 0.2) is 0 Å². The smallest absolute Gasteiger partial charge is 0.315 e. The van der Waals surface area contributed by atoms with Crippen molar-refractivity contribution in [1.82, 2.24) is 10.6 Å². The average Bonchev–Trinajstić information content (AvgIpc) is 2.48. The third-order valence-corrected chi connectivity index (χ3v) is 3.50. The molecular formula is C16H22N2O2. The zero-order valence-electron chi connectivity index (χ0n) is 11.8. The maximum absolute atomic E-state index is 11.8. The Bertz CT molecular complexity index is 447. The first-order valence-corrected chi connectivity index (χ1v) is 7.05. The van der Waals surface area contributed by atoms with E-state index in [4.69, 9.17) is 4.74 Å². The molecule has 20 heavy (non-hydrogen) atoms. The van der Waals surface area contributed by atoms with Gasteiger partial charge in [0, 0.05) is 18.7 Å². The lowest BCUT2D eigenvalue weighted by Gasteiger charge is -2.30. The molecule has 4 heteroatoms. The number of carbonyl (C=O) groups excluding carboxylic acids is 1. The summed E-state index contributed by atoms with van der Waals surface area (Å²) >= 11 is 0. The van der Waals surface area contributed by atoms with Crippen molar-refractivity contribution in [3.63, 3.8) is 0 Å². The molecule has 0 spiro atoms. The largest absolute Gasteiger partial charge is 0.373 e. The van der Waals surface area contributed by atoms with Gasteiger partial charge in [-0.25, -0.2) is 4.79 Å². The number of benzene rings is 1. The van der Waals surface area contributed by atoms with Crippen molar-refractivity contribution in [2.45, 2.75) is 38.0 Å². The van der Waals surface area contributed by atoms with Crippen LogP contribution in [0.2, 0.25) is 0 Å². The molecule has 4 nitrogen and oxygen atoms in total. The van der Waals surface area contributed by atoms with Crippen molar-refractivity contribution >= 4 is 6.03 Å². The standard InChI is InChI=1S/C16H22N2O2/c1-3-12(2)17-16(19)18-14-9-10-20-15(11-14)13-7-5-4-6-8-13/h3-8,12,14-15H,1,9-11H2,2H3,(H2,17,18,19). The molecule has 1 heterocycles. The molecule has 2 rings (SSSR count). The lowest BCUT2D eigenvalue weighted by atomic mass is 9.97. The Morgan fingerprint density at radius 2 is 2.20 bits per heavy atom. The third kappa shape index (κ3) is 4.10. The van der Waals surface area contributed by atoms with Crippen LogP contribution < -0.4 is 10.6 Å². The molecule has 1 fully saturated rings. The number of ether oxygens (including phenoxy) is 1. The highest BCUT2D eigenvalue weighted by atomic mass is 16.5. The first-order chi connectivity index (χ1) is 9.69. The Morgan fingerprint density at radius 1 is 1.45 bits per heavy atom. The van der Waals surface area contributed by atoms with Crippen LogP contribution in [0.1, 0.15) is 31.4 Å². The minimum Gasteiger partial charge on any atom is -0.373 e. The van der Waals surface area contributed by atoms with Gasteiger partial charge < -0.3 is 15.4 Å². The van der Waals surface area contributed by atoms with Crippen LogP contribution >= 0.6 is 0 Å². The van der Waals surface area contributed by atoms with E-state index in [1.807, 2.05) is 25.1 Å². The summed E-state index contributed by atoms with van der Waals surface area (Å²) < 4.78 is 5.79. The topological polar surface area (TPSA) is 50.4 Å². The molecule has 0 radical (unpaired) electrons. The molecule has 3 atom stereocenters. The van der Waals surface area contributed by atoms with Crippen molar-refractivity contribution in [2.24, 2.45) is 0 Å². The first kappa shape index (κ1) is 14.6. The molecule has 1 aromatic carbocycles. The van der Waals surface area contributed by atoms with Gasteiger partial charge in [-0.15, -0.1) is 6.58 Å². The SMILES string of the molecule is C=CC(C)NC(=O)NC1CCOC(c2ccccc2)C1. The predicted octanol–water partition coefficient (Wildman–Crippen LogP) is 2.78. The van der Waals surface area contributed by atoms with Crippen LogP contribution in [0, 0.1) is 0 Å². The summed E-state index contributed by atoms with van der Waals surface area (Å²) in [7, 11) is 0. The molecule has 0 aromatic heterocycles. The maximum atomic E-state index is 11.8. The molecule has 3 unspecified atom stereocenters. The first-order valence-electron chi connectivity index (χ1n) is 7.05. The highest BCUT2D eigenvalue weighted by Crippen LogP contribution is 2.27. The summed E-state index contributed by atoms with van der Waals surface area (Å²) in [6.07, 6.45) is 3.42. The fourth-order valence-corrected chi connectivity index (χ4v) is 2.32. The zero-order valence-corrected chi connectivity index (χ0v) is 11.8. The van der Waals surface area contributed by atoms with Crippen LogP contribution in [0.25, 0.3) is 0 Å². The minimum absolute atomic E-state index is 0.0280. The van der Waals surface area contributed by atoms with Gasteiger partial charge in [0.05, 0.1) is 6.10 Å². The van der Waals surface area contributed by atoms with Gasteiger partial charge in [0.25, 0.3) is 0 Å². The van der Waals surface area contributed by atoms with Gasteiger partial charge in [-0.05, 0) is 25.3 Å². The molecule has 2 amide bonds. The number of rotatable bonds is 4. The van der Waals surface area contributed by atoms with Gasteiger partial charge in [-0.1, -0.05) is 36.4 Å². The Hall–Kier alpha value is -1.81. The van der Waals surface area contributed by atoms with Crippen molar-refractivity contribution in [1.29, 1.82) is 0 Å². The van der Waals surface area contributed by atoms with Crippen molar-refractivity contribution in [3.05, 3.63) is 48.6 Å². The molecule has 0 aliphatic carbocycles. The number of hydrogen-bond donors (Lipinski definition) is 2. The molecule has 0 bridgehead atoms. The number of urea groups is 1. The molecule has 0 saturated carbocycles. The van der Waals surface area contributed by atoms with Crippen molar-refractivity contribution < 1.29 is 9.53 Å². The van der Waals surface area contributed by atoms with Crippen LogP contribution in [-0.2, 0) is 4.74 Å². The van der Waals surface area contributed by atoms with Crippen LogP contribution in [0.5, 0.6) is 0 Å². The van der Waals surface area contributed by atoms with E-state index < -0.39 is 0 Å². The van der Waals surface area contributed by atoms with E-state index in [9.17, 15) is 4.79 Å². The van der Waals surface area contributed by atoms with Gasteiger partial charge in [-0.3, -0.25) is 0 Å². The van der Waals surface area contributed by atoms with Crippen molar-refractivity contribution in [2.75, 3.05) is 6.61 Å². The fraction of sp³-hybridized carbons (Fsp3) is 0.438. The zero-order chi connectivity index (χ0) is 14.4. The Balaban J connectivity index is 1.87. The van der Waals surface area contributed by atoms with Crippen LogP contribution in [0.3, 0.4) is 0 Å². The summed E-state index contributed by atoms with van der Waals surface area (Å²) in [6.45, 7) is 6.21. The Kier molecular flexibility index (Phi) is 5.18. The highest BCUT2D eigenvalue weighted by Gasteiger charge is 2.25. The van der Waals surface area contributed by atoms with E-state index in [0.717, 1.165) is 12.8 Å². The summed E-state index contributed by atoms with van der Waals surface area (Å²) in [6, 6.07) is 10.1. The molecule has 1 saturated heterocycles. The van der Waals surface area contributed by atoms with Crippen LogP contribution in [-0.4, -0.2) is 24.7 Å². The van der Waals surface area contributed by atoms with Crippen LogP contribution in [0.4, 0.5) is 4.79 Å². The lowest BCUT2D eigenvalue weighted by molar-refractivity contribution is 0.00224. The number of nitrogens with one attached hydrogen (secondary N) is 2. The second-order valence-corrected chi connectivity index (χ2v) is 5.13. The van der Waals surface area contributed by atoms with E-state index in [-0.39, 0.29) is 24.2 Å². The normalized spacial score (nSPS) is 23.6. The van der Waals surface area contributed by atoms with Gasteiger partial charge >= 0.3 is 6.03 Å². The van der Waals surface area contributed by atoms with Crippen molar-refractivity contribution in [3.8, 4) is 0 Å². The minimum atomic E-state index is -0.142. The molecule has 108 valence electrons. The summed E-state index contributed by atoms with van der Waals surface area (Å²) in [5.74, 6) is 0. The van der Waals surface area contributed by atoms with Crippen LogP contribution in [0.15, 0.2) is 43.0 Å². The maximum Gasteiger partial charge on any atom is 0.315 e. The quantitative estimate of drug-likeness (QED) is 0.829. The average molecular weight is 274 g/mol. The second kappa shape index (κ2) is 7.10. The summed E-state index contributed by atoms with van der Waals surface area (Å²) in [5, 5.41) is 5.83. The summed E-state index contributed by atoms with van der Waals surface area (Å²) in [5.41, 5.74) is 1.17. The van der Waals surface area contributed by atoms with E-state index >= 15 is 0 Å². The van der Waals surface area contributed by atoms with E-state index in [0.29, 0.717) is 6.61 Å². The summed E-state index contributed by atoms with van der Waals surface area (Å²) in [4.78, 5) is 11.8. The van der Waals surface area contributed by atoms with Gasteiger partial charge in [0.2, 0.25) is 0 Å². The molecular weight excluding hydrogens is 252 g/mol. The third-order valence-electron chi connectivity index (χ3n) is 3.50. The molecule has 1 aromatic rings. The predicted molar refractivity (Wildman–Crippen MR) is 79.5 cm³/mol. The van der Waals surface area contributed by atoms with E-state index in [2.05, 4.69) is 29.3 Å². The fourth-order valence-electron chi connectivity index (χ4n) is 2.32. The molecule has 2 N–H and O–H groups in total. The van der Waals surface area contributed by atoms with E-state index in [1.54, 1.807) is 6.08 Å².